The summed E-state index contributed by atoms with van der Waals surface area (Å²) in [7, 11) is 0. The van der Waals surface area contributed by atoms with Crippen LogP contribution < -0.4 is 5.32 Å². The first kappa shape index (κ1) is 17.5. The molecular weight excluding hydrogens is 346 g/mol. The zero-order valence-corrected chi connectivity index (χ0v) is 14.8. The summed E-state index contributed by atoms with van der Waals surface area (Å²) in [4.78, 5) is 39.6. The van der Waals surface area contributed by atoms with E-state index in [4.69, 9.17) is 4.52 Å². The van der Waals surface area contributed by atoms with Gasteiger partial charge in [-0.2, -0.15) is 0 Å². The van der Waals surface area contributed by atoms with Crippen LogP contribution >= 0.6 is 0 Å². The van der Waals surface area contributed by atoms with Gasteiger partial charge >= 0.3 is 0 Å². The molecule has 2 heterocycles. The molecule has 0 spiro atoms. The van der Waals surface area contributed by atoms with Gasteiger partial charge in [-0.3, -0.25) is 14.4 Å². The second-order valence-electron chi connectivity index (χ2n) is 7.21. The Kier molecular flexibility index (Phi) is 4.75. The second kappa shape index (κ2) is 7.34. The fraction of sp³-hybridized carbons (Fsp3) is 0.400. The van der Waals surface area contributed by atoms with Crippen molar-refractivity contribution in [3.8, 4) is 0 Å². The third kappa shape index (κ3) is 3.92. The quantitative estimate of drug-likeness (QED) is 0.746. The SMILES string of the molecule is O=C(NC1CC1)C(=O)C1CN(Cc2ccno2)C(=O)[C@@H]1Cc1ccccc1. The number of nitrogens with one attached hydrogen (secondary N) is 1. The molecule has 1 saturated heterocycles. The van der Waals surface area contributed by atoms with Crippen molar-refractivity contribution in [3.63, 3.8) is 0 Å². The van der Waals surface area contributed by atoms with Gasteiger partial charge in [0.05, 0.1) is 24.6 Å². The van der Waals surface area contributed by atoms with Gasteiger partial charge in [-0.05, 0) is 24.8 Å². The van der Waals surface area contributed by atoms with Gasteiger partial charge in [-0.25, -0.2) is 0 Å². The molecular formula is C20H21N3O4. The van der Waals surface area contributed by atoms with Gasteiger partial charge < -0.3 is 14.7 Å². The van der Waals surface area contributed by atoms with Crippen LogP contribution in [0.15, 0.2) is 47.1 Å². The van der Waals surface area contributed by atoms with Crippen LogP contribution in [0.3, 0.4) is 0 Å². The molecule has 1 N–H and O–H groups in total. The number of Topliss-reactive ketones (excluding diaryl/α,β-unsaturated/α-hetero) is 1. The highest BCUT2D eigenvalue weighted by Crippen LogP contribution is 2.31. The summed E-state index contributed by atoms with van der Waals surface area (Å²) in [6.45, 7) is 0.464. The summed E-state index contributed by atoms with van der Waals surface area (Å²) in [6.07, 6.45) is 3.77. The topological polar surface area (TPSA) is 92.5 Å². The number of nitrogens with zero attached hydrogens (tertiary/aromatic N) is 2. The van der Waals surface area contributed by atoms with Crippen molar-refractivity contribution in [3.05, 3.63) is 53.9 Å². The molecule has 7 nitrogen and oxygen atoms in total. The minimum absolute atomic E-state index is 0.108. The summed E-state index contributed by atoms with van der Waals surface area (Å²) in [5.74, 6) is -1.86. The molecule has 1 saturated carbocycles. The third-order valence-corrected chi connectivity index (χ3v) is 5.14. The Hall–Kier alpha value is -2.96. The molecule has 1 unspecified atom stereocenters. The summed E-state index contributed by atoms with van der Waals surface area (Å²) < 4.78 is 5.09. The number of likely N-dealkylation sites (tertiary alicyclic amines) is 1. The fourth-order valence-electron chi connectivity index (χ4n) is 3.53. The fourth-order valence-corrected chi connectivity index (χ4v) is 3.53. The van der Waals surface area contributed by atoms with Gasteiger partial charge in [-0.1, -0.05) is 35.5 Å². The number of aromatic nitrogens is 1. The highest BCUT2D eigenvalue weighted by Gasteiger charge is 2.46. The first-order valence-electron chi connectivity index (χ1n) is 9.19. The van der Waals surface area contributed by atoms with E-state index in [1.807, 2.05) is 30.3 Å². The van der Waals surface area contributed by atoms with Gasteiger partial charge in [0, 0.05) is 18.7 Å². The number of carbonyl (C=O) groups is 3. The largest absolute Gasteiger partial charge is 0.360 e. The van der Waals surface area contributed by atoms with Crippen molar-refractivity contribution in [2.75, 3.05) is 6.54 Å². The monoisotopic (exact) mass is 367 g/mol. The third-order valence-electron chi connectivity index (χ3n) is 5.14. The predicted octanol–water partition coefficient (Wildman–Crippen LogP) is 1.34. The van der Waals surface area contributed by atoms with Crippen molar-refractivity contribution in [1.29, 1.82) is 0 Å². The number of benzene rings is 1. The lowest BCUT2D eigenvalue weighted by molar-refractivity contribution is -0.141. The van der Waals surface area contributed by atoms with E-state index in [1.165, 1.54) is 6.20 Å². The van der Waals surface area contributed by atoms with Crippen LogP contribution in [-0.2, 0) is 27.3 Å². The molecule has 1 aromatic carbocycles. The van der Waals surface area contributed by atoms with Crippen molar-refractivity contribution in [1.82, 2.24) is 15.4 Å². The van der Waals surface area contributed by atoms with E-state index in [2.05, 4.69) is 10.5 Å². The van der Waals surface area contributed by atoms with E-state index in [0.29, 0.717) is 12.2 Å². The van der Waals surface area contributed by atoms with E-state index >= 15 is 0 Å². The Bertz CT molecular complexity index is 830. The zero-order chi connectivity index (χ0) is 18.8. The van der Waals surface area contributed by atoms with Crippen LogP contribution in [0.5, 0.6) is 0 Å². The lowest BCUT2D eigenvalue weighted by Gasteiger charge is -2.15. The molecule has 2 atom stereocenters. The molecule has 1 aliphatic carbocycles. The highest BCUT2D eigenvalue weighted by molar-refractivity contribution is 6.37. The Morgan fingerprint density at radius 2 is 1.96 bits per heavy atom. The number of ketones is 1. The van der Waals surface area contributed by atoms with Crippen molar-refractivity contribution < 1.29 is 18.9 Å². The van der Waals surface area contributed by atoms with Crippen molar-refractivity contribution in [2.45, 2.75) is 31.8 Å². The summed E-state index contributed by atoms with van der Waals surface area (Å²) >= 11 is 0. The summed E-state index contributed by atoms with van der Waals surface area (Å²) in [6, 6.07) is 11.4. The Labute approximate surface area is 156 Å². The van der Waals surface area contributed by atoms with Crippen LogP contribution in [0.4, 0.5) is 0 Å². The van der Waals surface area contributed by atoms with Crippen LogP contribution in [-0.4, -0.2) is 40.2 Å². The number of amides is 2. The van der Waals surface area contributed by atoms with Gasteiger partial charge in [-0.15, -0.1) is 0 Å². The lowest BCUT2D eigenvalue weighted by Crippen LogP contribution is -2.39. The van der Waals surface area contributed by atoms with Gasteiger partial charge in [0.15, 0.2) is 5.76 Å². The molecule has 0 bridgehead atoms. The average Bonchev–Trinajstić information content (AvgIpc) is 3.24. The molecule has 2 fully saturated rings. The van der Waals surface area contributed by atoms with E-state index in [0.717, 1.165) is 18.4 Å². The number of hydrogen-bond donors (Lipinski definition) is 1. The van der Waals surface area contributed by atoms with E-state index in [1.54, 1.807) is 11.0 Å². The molecule has 0 radical (unpaired) electrons. The standard InChI is InChI=1S/C20H21N3O4/c24-18(19(25)22-14-6-7-14)17-12-23(11-15-8-9-21-27-15)20(26)16(17)10-13-4-2-1-3-5-13/h1-5,8-9,14,16-17H,6-7,10-12H2,(H,22,25)/t16-,17?/m1/s1. The lowest BCUT2D eigenvalue weighted by atomic mass is 9.86. The first-order valence-corrected chi connectivity index (χ1v) is 9.19. The number of hydrogen-bond acceptors (Lipinski definition) is 5. The average molecular weight is 367 g/mol. The maximum atomic E-state index is 13.0. The second-order valence-corrected chi connectivity index (χ2v) is 7.21. The predicted molar refractivity (Wildman–Crippen MR) is 95.2 cm³/mol. The van der Waals surface area contributed by atoms with Crippen LogP contribution in [0.2, 0.25) is 0 Å². The summed E-state index contributed by atoms with van der Waals surface area (Å²) in [5.41, 5.74) is 0.970. The molecule has 2 aliphatic rings. The van der Waals surface area contributed by atoms with Crippen LogP contribution in [0.25, 0.3) is 0 Å². The molecule has 2 aromatic rings. The van der Waals surface area contributed by atoms with Crippen LogP contribution in [0.1, 0.15) is 24.2 Å². The van der Waals surface area contributed by atoms with E-state index < -0.39 is 23.5 Å². The highest BCUT2D eigenvalue weighted by atomic mass is 16.5. The van der Waals surface area contributed by atoms with Crippen LogP contribution in [0, 0.1) is 11.8 Å². The van der Waals surface area contributed by atoms with Gasteiger partial charge in [0.2, 0.25) is 11.7 Å². The first-order chi connectivity index (χ1) is 13.1. The smallest absolute Gasteiger partial charge is 0.287 e. The molecule has 27 heavy (non-hydrogen) atoms. The molecule has 1 aliphatic heterocycles. The maximum Gasteiger partial charge on any atom is 0.287 e. The minimum Gasteiger partial charge on any atom is -0.360 e. The zero-order valence-electron chi connectivity index (χ0n) is 14.8. The number of carbonyl (C=O) groups excluding carboxylic acids is 3. The van der Waals surface area contributed by atoms with E-state index in [-0.39, 0.29) is 25.0 Å². The molecule has 2 amide bonds. The van der Waals surface area contributed by atoms with Crippen molar-refractivity contribution >= 4 is 17.6 Å². The molecule has 1 aromatic heterocycles. The Balaban J connectivity index is 1.53. The number of rotatable bonds is 7. The normalized spacial score (nSPS) is 22.1. The molecule has 7 heteroatoms. The Morgan fingerprint density at radius 3 is 2.63 bits per heavy atom. The maximum absolute atomic E-state index is 13.0. The van der Waals surface area contributed by atoms with Gasteiger partial charge in [0.1, 0.15) is 0 Å². The van der Waals surface area contributed by atoms with Gasteiger partial charge in [0.25, 0.3) is 5.91 Å². The molecule has 140 valence electrons. The van der Waals surface area contributed by atoms with Crippen molar-refractivity contribution in [2.24, 2.45) is 11.8 Å². The van der Waals surface area contributed by atoms with E-state index in [9.17, 15) is 14.4 Å². The molecule has 4 rings (SSSR count). The Morgan fingerprint density at radius 1 is 1.19 bits per heavy atom. The summed E-state index contributed by atoms with van der Waals surface area (Å²) in [5, 5.41) is 6.40. The minimum atomic E-state index is -0.653.